The number of benzene rings is 2. The lowest BCUT2D eigenvalue weighted by Crippen LogP contribution is -2.32. The van der Waals surface area contributed by atoms with Gasteiger partial charge in [-0.15, -0.1) is 0 Å². The van der Waals surface area contributed by atoms with Crippen LogP contribution < -0.4 is 5.32 Å². The van der Waals surface area contributed by atoms with Crippen LogP contribution in [0.5, 0.6) is 0 Å². The molecule has 1 aliphatic heterocycles. The molecule has 0 unspecified atom stereocenters. The fourth-order valence-electron chi connectivity index (χ4n) is 3.10. The van der Waals surface area contributed by atoms with Crippen LogP contribution in [-0.2, 0) is 10.0 Å². The molecule has 0 atom stereocenters. The predicted molar refractivity (Wildman–Crippen MR) is 105 cm³/mol. The quantitative estimate of drug-likeness (QED) is 0.608. The molecule has 9 heteroatoms. The molecular weight excluding hydrogens is 382 g/mol. The second kappa shape index (κ2) is 8.49. The molecule has 2 aromatic rings. The first kappa shape index (κ1) is 20.0. The highest BCUT2D eigenvalue weighted by Crippen LogP contribution is 2.22. The SMILES string of the molecule is O=C(Nc1ccc([N+](=O)[O-])cc1)c1cccc(S(=O)(=O)N2CCCCCC2)c1. The minimum Gasteiger partial charge on any atom is -0.322 e. The van der Waals surface area contributed by atoms with E-state index in [1.54, 1.807) is 0 Å². The van der Waals surface area contributed by atoms with E-state index in [4.69, 9.17) is 0 Å². The number of nitrogens with zero attached hydrogens (tertiary/aromatic N) is 2. The average Bonchev–Trinajstić information content (AvgIpc) is 2.98. The third-order valence-electron chi connectivity index (χ3n) is 4.64. The van der Waals surface area contributed by atoms with E-state index in [1.807, 2.05) is 0 Å². The Balaban J connectivity index is 1.78. The maximum Gasteiger partial charge on any atom is 0.269 e. The van der Waals surface area contributed by atoms with E-state index in [2.05, 4.69) is 5.32 Å². The third-order valence-corrected chi connectivity index (χ3v) is 6.53. The van der Waals surface area contributed by atoms with Crippen molar-refractivity contribution in [2.75, 3.05) is 18.4 Å². The summed E-state index contributed by atoms with van der Waals surface area (Å²) in [6.07, 6.45) is 3.70. The smallest absolute Gasteiger partial charge is 0.269 e. The van der Waals surface area contributed by atoms with Crippen LogP contribution >= 0.6 is 0 Å². The number of amides is 1. The first-order valence-electron chi connectivity index (χ1n) is 9.04. The van der Waals surface area contributed by atoms with E-state index < -0.39 is 20.9 Å². The van der Waals surface area contributed by atoms with Crippen LogP contribution in [0.2, 0.25) is 0 Å². The van der Waals surface area contributed by atoms with E-state index in [1.165, 1.54) is 52.8 Å². The van der Waals surface area contributed by atoms with Crippen LogP contribution in [0.4, 0.5) is 11.4 Å². The zero-order valence-corrected chi connectivity index (χ0v) is 16.0. The van der Waals surface area contributed by atoms with E-state index in [-0.39, 0.29) is 16.1 Å². The molecule has 1 heterocycles. The van der Waals surface area contributed by atoms with Crippen LogP contribution in [0.25, 0.3) is 0 Å². The van der Waals surface area contributed by atoms with E-state index in [0.717, 1.165) is 25.7 Å². The van der Waals surface area contributed by atoms with E-state index in [9.17, 15) is 23.3 Å². The fourth-order valence-corrected chi connectivity index (χ4v) is 4.66. The van der Waals surface area contributed by atoms with Gasteiger partial charge < -0.3 is 5.32 Å². The topological polar surface area (TPSA) is 110 Å². The lowest BCUT2D eigenvalue weighted by atomic mass is 10.2. The molecule has 3 rings (SSSR count). The van der Waals surface area contributed by atoms with Crippen molar-refractivity contribution in [3.63, 3.8) is 0 Å². The third kappa shape index (κ3) is 4.55. The number of non-ortho nitro benzene ring substituents is 1. The molecule has 1 aliphatic rings. The van der Waals surface area contributed by atoms with Crippen molar-refractivity contribution in [2.24, 2.45) is 0 Å². The zero-order valence-electron chi connectivity index (χ0n) is 15.2. The summed E-state index contributed by atoms with van der Waals surface area (Å²) in [6.45, 7) is 0.975. The van der Waals surface area contributed by atoms with Crippen molar-refractivity contribution in [3.8, 4) is 0 Å². The first-order valence-corrected chi connectivity index (χ1v) is 10.5. The summed E-state index contributed by atoms with van der Waals surface area (Å²) in [5.41, 5.74) is 0.508. The standard InChI is InChI=1S/C19H21N3O5S/c23-19(20-16-8-10-17(11-9-16)22(24)25)15-6-5-7-18(14-15)28(26,27)21-12-3-1-2-4-13-21/h5-11,14H,1-4,12-13H2,(H,20,23). The Morgan fingerprint density at radius 1 is 1.00 bits per heavy atom. The molecule has 1 N–H and O–H groups in total. The van der Waals surface area contributed by atoms with Gasteiger partial charge in [-0.05, 0) is 43.2 Å². The van der Waals surface area contributed by atoms with Gasteiger partial charge in [0.15, 0.2) is 0 Å². The number of anilines is 1. The Labute approximate surface area is 163 Å². The minimum atomic E-state index is -3.65. The van der Waals surface area contributed by atoms with E-state index >= 15 is 0 Å². The fraction of sp³-hybridized carbons (Fsp3) is 0.316. The summed E-state index contributed by atoms with van der Waals surface area (Å²) in [5, 5.41) is 13.3. The van der Waals surface area contributed by atoms with Crippen LogP contribution in [-0.4, -0.2) is 36.6 Å². The van der Waals surface area contributed by atoms with Crippen molar-refractivity contribution >= 4 is 27.3 Å². The zero-order chi connectivity index (χ0) is 20.1. The van der Waals surface area contributed by atoms with Gasteiger partial charge in [0.05, 0.1) is 9.82 Å². The highest BCUT2D eigenvalue weighted by Gasteiger charge is 2.25. The molecule has 0 bridgehead atoms. The summed E-state index contributed by atoms with van der Waals surface area (Å²) >= 11 is 0. The molecule has 0 spiro atoms. The Kier molecular flexibility index (Phi) is 6.05. The number of hydrogen-bond donors (Lipinski definition) is 1. The number of sulfonamides is 1. The van der Waals surface area contributed by atoms with Gasteiger partial charge in [0.2, 0.25) is 10.0 Å². The monoisotopic (exact) mass is 403 g/mol. The summed E-state index contributed by atoms with van der Waals surface area (Å²) < 4.78 is 27.3. The molecule has 1 fully saturated rings. The number of carbonyl (C=O) groups excluding carboxylic acids is 1. The van der Waals surface area contributed by atoms with Crippen LogP contribution in [0.15, 0.2) is 53.4 Å². The Morgan fingerprint density at radius 3 is 2.25 bits per heavy atom. The van der Waals surface area contributed by atoms with E-state index in [0.29, 0.717) is 18.8 Å². The Bertz CT molecular complexity index is 965. The van der Waals surface area contributed by atoms with Gasteiger partial charge in [-0.2, -0.15) is 4.31 Å². The van der Waals surface area contributed by atoms with Crippen molar-refractivity contribution < 1.29 is 18.1 Å². The summed E-state index contributed by atoms with van der Waals surface area (Å²) in [7, 11) is -3.65. The number of hydrogen-bond acceptors (Lipinski definition) is 5. The maximum atomic E-state index is 12.9. The van der Waals surface area contributed by atoms with Gasteiger partial charge in [0.1, 0.15) is 0 Å². The second-order valence-corrected chi connectivity index (χ2v) is 8.54. The van der Waals surface area contributed by atoms with Crippen molar-refractivity contribution in [2.45, 2.75) is 30.6 Å². The number of rotatable bonds is 5. The van der Waals surface area contributed by atoms with Crippen molar-refractivity contribution in [1.29, 1.82) is 0 Å². The van der Waals surface area contributed by atoms with Crippen LogP contribution in [0.3, 0.4) is 0 Å². The van der Waals surface area contributed by atoms with Crippen LogP contribution in [0, 0.1) is 10.1 Å². The lowest BCUT2D eigenvalue weighted by molar-refractivity contribution is -0.384. The highest BCUT2D eigenvalue weighted by atomic mass is 32.2. The highest BCUT2D eigenvalue weighted by molar-refractivity contribution is 7.89. The van der Waals surface area contributed by atoms with Gasteiger partial charge >= 0.3 is 0 Å². The molecular formula is C19H21N3O5S. The van der Waals surface area contributed by atoms with Gasteiger partial charge in [0, 0.05) is 36.5 Å². The number of nitro groups is 1. The molecule has 1 saturated heterocycles. The normalized spacial score (nSPS) is 15.6. The summed E-state index contributed by atoms with van der Waals surface area (Å²) in [5.74, 6) is -0.484. The Hall–Kier alpha value is -2.78. The molecule has 1 amide bonds. The second-order valence-electron chi connectivity index (χ2n) is 6.60. The maximum absolute atomic E-state index is 12.9. The average molecular weight is 403 g/mol. The molecule has 2 aromatic carbocycles. The van der Waals surface area contributed by atoms with Crippen molar-refractivity contribution in [1.82, 2.24) is 4.31 Å². The number of nitrogens with one attached hydrogen (secondary N) is 1. The molecule has 8 nitrogen and oxygen atoms in total. The summed E-state index contributed by atoms with van der Waals surface area (Å²) in [6, 6.07) is 11.3. The molecule has 0 radical (unpaired) electrons. The van der Waals surface area contributed by atoms with Gasteiger partial charge in [-0.3, -0.25) is 14.9 Å². The summed E-state index contributed by atoms with van der Waals surface area (Å²) in [4.78, 5) is 22.8. The van der Waals surface area contributed by atoms with Gasteiger partial charge in [-0.1, -0.05) is 18.9 Å². The number of nitro benzene ring substituents is 1. The molecule has 0 aliphatic carbocycles. The van der Waals surface area contributed by atoms with Crippen molar-refractivity contribution in [3.05, 3.63) is 64.2 Å². The lowest BCUT2D eigenvalue weighted by Gasteiger charge is -2.20. The predicted octanol–water partition coefficient (Wildman–Crippen LogP) is 3.41. The van der Waals surface area contributed by atoms with Gasteiger partial charge in [0.25, 0.3) is 11.6 Å². The minimum absolute atomic E-state index is 0.0801. The largest absolute Gasteiger partial charge is 0.322 e. The molecule has 28 heavy (non-hydrogen) atoms. The molecule has 148 valence electrons. The van der Waals surface area contributed by atoms with Gasteiger partial charge in [-0.25, -0.2) is 8.42 Å². The number of carbonyl (C=O) groups is 1. The molecule has 0 aromatic heterocycles. The molecule has 0 saturated carbocycles. The van der Waals surface area contributed by atoms with Crippen LogP contribution in [0.1, 0.15) is 36.0 Å². The Morgan fingerprint density at radius 2 is 1.64 bits per heavy atom. The first-order chi connectivity index (χ1) is 13.4.